The molecule has 4 rings (SSSR count). The number of rotatable bonds is 4. The fourth-order valence-electron chi connectivity index (χ4n) is 2.72. The van der Waals surface area contributed by atoms with Crippen LogP contribution >= 0.6 is 15.9 Å². The van der Waals surface area contributed by atoms with Crippen LogP contribution in [0, 0.1) is 0 Å². The van der Waals surface area contributed by atoms with Crippen LogP contribution in [0.2, 0.25) is 0 Å². The van der Waals surface area contributed by atoms with Crippen LogP contribution in [0.3, 0.4) is 0 Å². The zero-order valence-electron chi connectivity index (χ0n) is 13.7. The van der Waals surface area contributed by atoms with E-state index in [0.717, 1.165) is 15.6 Å². The number of ketones is 1. The summed E-state index contributed by atoms with van der Waals surface area (Å²) in [5.74, 6) is 0.192. The number of hydrogen-bond acceptors (Lipinski definition) is 3. The Hall–Kier alpha value is -2.98. The van der Waals surface area contributed by atoms with Gasteiger partial charge in [0, 0.05) is 10.0 Å². The highest BCUT2D eigenvalue weighted by atomic mass is 79.9. The SMILES string of the molecule is O=C(C(=Cc1cccc(Br)c1)c1nc2ccccc2o1)c1ccccc1. The number of hydrogen-bond donors (Lipinski definition) is 0. The average molecular weight is 404 g/mol. The Kier molecular flexibility index (Phi) is 4.50. The highest BCUT2D eigenvalue weighted by molar-refractivity contribution is 9.10. The van der Waals surface area contributed by atoms with E-state index in [-0.39, 0.29) is 5.78 Å². The molecule has 0 bridgehead atoms. The number of aromatic nitrogens is 1. The van der Waals surface area contributed by atoms with Crippen LogP contribution in [-0.2, 0) is 0 Å². The minimum Gasteiger partial charge on any atom is -0.436 e. The predicted molar refractivity (Wildman–Crippen MR) is 107 cm³/mol. The van der Waals surface area contributed by atoms with E-state index in [0.29, 0.717) is 22.6 Å². The first kappa shape index (κ1) is 16.5. The summed E-state index contributed by atoms with van der Waals surface area (Å²) in [6, 6.07) is 24.4. The second kappa shape index (κ2) is 7.10. The number of halogens is 1. The standard InChI is InChI=1S/C22H14BrNO2/c23-17-10-6-7-15(13-17)14-18(21(25)16-8-2-1-3-9-16)22-24-19-11-4-5-12-20(19)26-22/h1-14H. The molecule has 26 heavy (non-hydrogen) atoms. The van der Waals surface area contributed by atoms with E-state index >= 15 is 0 Å². The molecule has 4 heteroatoms. The minimum absolute atomic E-state index is 0.128. The summed E-state index contributed by atoms with van der Waals surface area (Å²) in [6.45, 7) is 0. The number of para-hydroxylation sites is 2. The van der Waals surface area contributed by atoms with Crippen molar-refractivity contribution in [3.05, 3.63) is 100 Å². The number of benzene rings is 3. The number of nitrogens with zero attached hydrogens (tertiary/aromatic N) is 1. The van der Waals surface area contributed by atoms with E-state index in [4.69, 9.17) is 4.42 Å². The molecule has 4 aromatic rings. The van der Waals surface area contributed by atoms with Gasteiger partial charge < -0.3 is 4.42 Å². The lowest BCUT2D eigenvalue weighted by atomic mass is 10.0. The molecule has 0 radical (unpaired) electrons. The Morgan fingerprint density at radius 1 is 0.923 bits per heavy atom. The molecule has 0 saturated heterocycles. The normalized spacial score (nSPS) is 11.7. The smallest absolute Gasteiger partial charge is 0.231 e. The third-order valence-electron chi connectivity index (χ3n) is 3.96. The van der Waals surface area contributed by atoms with E-state index in [1.807, 2.05) is 72.8 Å². The average Bonchev–Trinajstić information content (AvgIpc) is 3.10. The predicted octanol–water partition coefficient (Wildman–Crippen LogP) is 6.01. The van der Waals surface area contributed by atoms with Crippen LogP contribution in [0.1, 0.15) is 21.8 Å². The molecule has 3 aromatic carbocycles. The molecule has 0 aliphatic carbocycles. The Bertz CT molecular complexity index is 1080. The van der Waals surface area contributed by atoms with Crippen molar-refractivity contribution >= 4 is 44.5 Å². The molecule has 0 atom stereocenters. The van der Waals surface area contributed by atoms with Crippen LogP contribution in [0.4, 0.5) is 0 Å². The largest absolute Gasteiger partial charge is 0.436 e. The summed E-state index contributed by atoms with van der Waals surface area (Å²) in [5, 5.41) is 0. The molecule has 0 amide bonds. The van der Waals surface area contributed by atoms with Gasteiger partial charge in [0.2, 0.25) is 5.89 Å². The molecule has 1 aromatic heterocycles. The lowest BCUT2D eigenvalue weighted by molar-refractivity contribution is 0.105. The fraction of sp³-hybridized carbons (Fsp3) is 0. The maximum absolute atomic E-state index is 13.1. The lowest BCUT2D eigenvalue weighted by Crippen LogP contribution is -2.03. The number of Topliss-reactive ketones (excluding diaryl/α,β-unsaturated/α-hetero) is 1. The number of fused-ring (bicyclic) bond motifs is 1. The van der Waals surface area contributed by atoms with Crippen molar-refractivity contribution < 1.29 is 9.21 Å². The molecule has 0 unspecified atom stereocenters. The third-order valence-corrected chi connectivity index (χ3v) is 4.46. The number of carbonyl (C=O) groups excluding carboxylic acids is 1. The maximum atomic E-state index is 13.1. The number of oxazole rings is 1. The summed E-state index contributed by atoms with van der Waals surface area (Å²) in [6.07, 6.45) is 1.81. The van der Waals surface area contributed by atoms with E-state index in [9.17, 15) is 4.79 Å². The Labute approximate surface area is 159 Å². The fourth-order valence-corrected chi connectivity index (χ4v) is 3.14. The van der Waals surface area contributed by atoms with Crippen LogP contribution in [0.5, 0.6) is 0 Å². The van der Waals surface area contributed by atoms with Crippen LogP contribution in [-0.4, -0.2) is 10.8 Å². The van der Waals surface area contributed by atoms with Gasteiger partial charge in [-0.2, -0.15) is 0 Å². The Balaban J connectivity index is 1.87. The van der Waals surface area contributed by atoms with Gasteiger partial charge in [0.1, 0.15) is 5.52 Å². The molecular weight excluding hydrogens is 390 g/mol. The first-order valence-electron chi connectivity index (χ1n) is 8.14. The van der Waals surface area contributed by atoms with Crippen LogP contribution in [0.25, 0.3) is 22.7 Å². The van der Waals surface area contributed by atoms with Crippen molar-refractivity contribution in [2.75, 3.05) is 0 Å². The maximum Gasteiger partial charge on any atom is 0.231 e. The molecule has 0 saturated carbocycles. The first-order chi connectivity index (χ1) is 12.7. The van der Waals surface area contributed by atoms with Gasteiger partial charge in [0.25, 0.3) is 0 Å². The minimum atomic E-state index is -0.128. The van der Waals surface area contributed by atoms with Gasteiger partial charge in [-0.05, 0) is 35.9 Å². The summed E-state index contributed by atoms with van der Waals surface area (Å²) in [4.78, 5) is 17.6. The van der Waals surface area contributed by atoms with Gasteiger partial charge in [-0.1, -0.05) is 70.5 Å². The first-order valence-corrected chi connectivity index (χ1v) is 8.93. The second-order valence-electron chi connectivity index (χ2n) is 5.79. The third kappa shape index (κ3) is 3.37. The molecule has 126 valence electrons. The van der Waals surface area contributed by atoms with Gasteiger partial charge in [0.15, 0.2) is 11.4 Å². The summed E-state index contributed by atoms with van der Waals surface area (Å²) in [7, 11) is 0. The van der Waals surface area contributed by atoms with E-state index in [1.165, 1.54) is 0 Å². The van der Waals surface area contributed by atoms with Crippen molar-refractivity contribution in [1.29, 1.82) is 0 Å². The molecule has 3 nitrogen and oxygen atoms in total. The van der Waals surface area contributed by atoms with Crippen LogP contribution < -0.4 is 0 Å². The summed E-state index contributed by atoms with van der Waals surface area (Å²) >= 11 is 3.47. The molecule has 0 spiro atoms. The zero-order chi connectivity index (χ0) is 17.9. The van der Waals surface area contributed by atoms with Crippen molar-refractivity contribution in [1.82, 2.24) is 4.98 Å². The van der Waals surface area contributed by atoms with Crippen molar-refractivity contribution in [2.24, 2.45) is 0 Å². The van der Waals surface area contributed by atoms with E-state index in [1.54, 1.807) is 12.1 Å². The van der Waals surface area contributed by atoms with E-state index < -0.39 is 0 Å². The Morgan fingerprint density at radius 3 is 2.46 bits per heavy atom. The highest BCUT2D eigenvalue weighted by Gasteiger charge is 2.20. The van der Waals surface area contributed by atoms with Gasteiger partial charge in [0.05, 0.1) is 5.57 Å². The molecule has 0 fully saturated rings. The van der Waals surface area contributed by atoms with Gasteiger partial charge in [-0.25, -0.2) is 4.98 Å². The molecular formula is C22H14BrNO2. The number of allylic oxidation sites excluding steroid dienone is 1. The lowest BCUT2D eigenvalue weighted by Gasteiger charge is -2.04. The van der Waals surface area contributed by atoms with Gasteiger partial charge in [-0.3, -0.25) is 4.79 Å². The quantitative estimate of drug-likeness (QED) is 0.309. The molecule has 1 heterocycles. The zero-order valence-corrected chi connectivity index (χ0v) is 15.3. The second-order valence-corrected chi connectivity index (χ2v) is 6.71. The van der Waals surface area contributed by atoms with Crippen molar-refractivity contribution in [3.8, 4) is 0 Å². The molecule has 0 aliphatic rings. The Morgan fingerprint density at radius 2 is 1.69 bits per heavy atom. The van der Waals surface area contributed by atoms with Crippen molar-refractivity contribution in [2.45, 2.75) is 0 Å². The highest BCUT2D eigenvalue weighted by Crippen LogP contribution is 2.26. The van der Waals surface area contributed by atoms with Gasteiger partial charge in [-0.15, -0.1) is 0 Å². The molecule has 0 aliphatic heterocycles. The van der Waals surface area contributed by atoms with Crippen LogP contribution in [0.15, 0.2) is 87.8 Å². The molecule has 0 N–H and O–H groups in total. The summed E-state index contributed by atoms with van der Waals surface area (Å²) in [5.41, 5.74) is 3.29. The number of carbonyl (C=O) groups is 1. The van der Waals surface area contributed by atoms with E-state index in [2.05, 4.69) is 20.9 Å². The topological polar surface area (TPSA) is 43.1 Å². The monoisotopic (exact) mass is 403 g/mol. The van der Waals surface area contributed by atoms with Crippen molar-refractivity contribution in [3.63, 3.8) is 0 Å². The summed E-state index contributed by atoms with van der Waals surface area (Å²) < 4.78 is 6.80. The van der Waals surface area contributed by atoms with Gasteiger partial charge >= 0.3 is 0 Å².